The van der Waals surface area contributed by atoms with Crippen LogP contribution in [0.15, 0.2) is 24.3 Å². The summed E-state index contributed by atoms with van der Waals surface area (Å²) >= 11 is 0. The van der Waals surface area contributed by atoms with Crippen molar-refractivity contribution in [1.82, 2.24) is 14.7 Å². The van der Waals surface area contributed by atoms with Crippen molar-refractivity contribution in [2.75, 3.05) is 45.8 Å². The molecule has 1 fully saturated rings. The number of hydrogen-bond donors (Lipinski definition) is 0. The molecule has 0 saturated carbocycles. The maximum absolute atomic E-state index is 12.6. The summed E-state index contributed by atoms with van der Waals surface area (Å²) in [5.41, 5.74) is 0.418. The van der Waals surface area contributed by atoms with Crippen LogP contribution in [0.4, 0.5) is 5.69 Å². The SMILES string of the molecule is CCN(CC)C(=O)CN1CCCN(C(=O)c2ccc([N+](=O)[O-])cc2)CC1. The summed E-state index contributed by atoms with van der Waals surface area (Å²) in [5, 5.41) is 10.7. The van der Waals surface area contributed by atoms with E-state index < -0.39 is 4.92 Å². The summed E-state index contributed by atoms with van der Waals surface area (Å²) in [6.45, 7) is 8.29. The van der Waals surface area contributed by atoms with Crippen LogP contribution in [-0.4, -0.2) is 77.3 Å². The second-order valence-electron chi connectivity index (χ2n) is 6.29. The van der Waals surface area contributed by atoms with Gasteiger partial charge in [0.05, 0.1) is 11.5 Å². The minimum atomic E-state index is -0.481. The van der Waals surface area contributed by atoms with Crippen molar-refractivity contribution in [3.8, 4) is 0 Å². The smallest absolute Gasteiger partial charge is 0.269 e. The Hall–Kier alpha value is -2.48. The number of nitrogens with zero attached hydrogens (tertiary/aromatic N) is 4. The van der Waals surface area contributed by atoms with E-state index >= 15 is 0 Å². The first-order valence-electron chi connectivity index (χ1n) is 9.00. The van der Waals surface area contributed by atoms with Crippen molar-refractivity contribution in [2.24, 2.45) is 0 Å². The third kappa shape index (κ3) is 5.01. The monoisotopic (exact) mass is 362 g/mol. The Morgan fingerprint density at radius 1 is 1.08 bits per heavy atom. The molecule has 1 heterocycles. The van der Waals surface area contributed by atoms with E-state index in [2.05, 4.69) is 4.90 Å². The van der Waals surface area contributed by atoms with Gasteiger partial charge in [-0.25, -0.2) is 0 Å². The molecule has 0 radical (unpaired) electrons. The molecule has 0 N–H and O–H groups in total. The van der Waals surface area contributed by atoms with Gasteiger partial charge in [-0.05, 0) is 32.4 Å². The highest BCUT2D eigenvalue weighted by molar-refractivity contribution is 5.94. The van der Waals surface area contributed by atoms with Gasteiger partial charge in [0.1, 0.15) is 0 Å². The lowest BCUT2D eigenvalue weighted by Gasteiger charge is -2.25. The zero-order valence-corrected chi connectivity index (χ0v) is 15.4. The normalized spacial score (nSPS) is 15.4. The Morgan fingerprint density at radius 3 is 2.31 bits per heavy atom. The van der Waals surface area contributed by atoms with Crippen LogP contribution in [0.25, 0.3) is 0 Å². The molecule has 1 saturated heterocycles. The molecular weight excluding hydrogens is 336 g/mol. The molecule has 1 aliphatic rings. The van der Waals surface area contributed by atoms with Crippen LogP contribution >= 0.6 is 0 Å². The maximum atomic E-state index is 12.6. The van der Waals surface area contributed by atoms with Gasteiger partial charge in [0.15, 0.2) is 0 Å². The van der Waals surface area contributed by atoms with Crippen LogP contribution in [0.2, 0.25) is 0 Å². The molecule has 8 nitrogen and oxygen atoms in total. The second kappa shape index (κ2) is 9.28. The van der Waals surface area contributed by atoms with Crippen molar-refractivity contribution in [2.45, 2.75) is 20.3 Å². The van der Waals surface area contributed by atoms with Gasteiger partial charge in [-0.3, -0.25) is 24.6 Å². The number of nitro groups is 1. The number of non-ortho nitro benzene ring substituents is 1. The number of likely N-dealkylation sites (N-methyl/N-ethyl adjacent to an activating group) is 1. The van der Waals surface area contributed by atoms with Crippen LogP contribution in [0, 0.1) is 10.1 Å². The molecule has 0 bridgehead atoms. The van der Waals surface area contributed by atoms with Gasteiger partial charge < -0.3 is 9.80 Å². The van der Waals surface area contributed by atoms with Crippen molar-refractivity contribution < 1.29 is 14.5 Å². The lowest BCUT2D eigenvalue weighted by Crippen LogP contribution is -2.42. The number of rotatable bonds is 6. The molecule has 2 amide bonds. The molecule has 26 heavy (non-hydrogen) atoms. The molecule has 0 atom stereocenters. The van der Waals surface area contributed by atoms with Gasteiger partial charge in [-0.2, -0.15) is 0 Å². The Balaban J connectivity index is 1.94. The molecule has 8 heteroatoms. The Labute approximate surface area is 153 Å². The summed E-state index contributed by atoms with van der Waals surface area (Å²) in [7, 11) is 0. The first kappa shape index (κ1) is 19.8. The van der Waals surface area contributed by atoms with Gasteiger partial charge >= 0.3 is 0 Å². The van der Waals surface area contributed by atoms with E-state index in [0.717, 1.165) is 13.0 Å². The van der Waals surface area contributed by atoms with Gasteiger partial charge in [0.25, 0.3) is 11.6 Å². The average molecular weight is 362 g/mol. The fourth-order valence-electron chi connectivity index (χ4n) is 3.11. The highest BCUT2D eigenvalue weighted by Gasteiger charge is 2.22. The molecule has 1 aromatic rings. The number of nitro benzene ring substituents is 1. The van der Waals surface area contributed by atoms with Gasteiger partial charge in [0.2, 0.25) is 5.91 Å². The van der Waals surface area contributed by atoms with Crippen molar-refractivity contribution in [1.29, 1.82) is 0 Å². The molecule has 0 aromatic heterocycles. The highest BCUT2D eigenvalue weighted by Crippen LogP contribution is 2.15. The van der Waals surface area contributed by atoms with Gasteiger partial charge in [-0.15, -0.1) is 0 Å². The minimum absolute atomic E-state index is 0.0292. The second-order valence-corrected chi connectivity index (χ2v) is 6.29. The van der Waals surface area contributed by atoms with E-state index in [-0.39, 0.29) is 17.5 Å². The number of amides is 2. The summed E-state index contributed by atoms with van der Waals surface area (Å²) < 4.78 is 0. The number of hydrogen-bond acceptors (Lipinski definition) is 5. The van der Waals surface area contributed by atoms with Crippen LogP contribution in [0.5, 0.6) is 0 Å². The van der Waals surface area contributed by atoms with E-state index in [4.69, 9.17) is 0 Å². The van der Waals surface area contributed by atoms with Crippen molar-refractivity contribution >= 4 is 17.5 Å². The molecule has 0 unspecified atom stereocenters. The Kier molecular flexibility index (Phi) is 7.08. The first-order valence-corrected chi connectivity index (χ1v) is 9.00. The summed E-state index contributed by atoms with van der Waals surface area (Å²) in [4.78, 5) is 40.8. The van der Waals surface area contributed by atoms with Crippen LogP contribution in [0.1, 0.15) is 30.6 Å². The average Bonchev–Trinajstić information content (AvgIpc) is 2.88. The molecule has 1 aromatic carbocycles. The summed E-state index contributed by atoms with van der Waals surface area (Å²) in [6, 6.07) is 5.68. The summed E-state index contributed by atoms with van der Waals surface area (Å²) in [5.74, 6) is -0.0121. The fraction of sp³-hybridized carbons (Fsp3) is 0.556. The zero-order chi connectivity index (χ0) is 19.1. The van der Waals surface area contributed by atoms with E-state index in [1.54, 1.807) is 4.90 Å². The lowest BCUT2D eigenvalue weighted by atomic mass is 10.2. The Morgan fingerprint density at radius 2 is 1.73 bits per heavy atom. The lowest BCUT2D eigenvalue weighted by molar-refractivity contribution is -0.384. The third-order valence-corrected chi connectivity index (χ3v) is 4.68. The van der Waals surface area contributed by atoms with Crippen molar-refractivity contribution in [3.05, 3.63) is 39.9 Å². The quantitative estimate of drug-likeness (QED) is 0.567. The summed E-state index contributed by atoms with van der Waals surface area (Å²) in [6.07, 6.45) is 0.796. The maximum Gasteiger partial charge on any atom is 0.269 e. The highest BCUT2D eigenvalue weighted by atomic mass is 16.6. The van der Waals surface area contributed by atoms with E-state index in [1.165, 1.54) is 24.3 Å². The van der Waals surface area contributed by atoms with Crippen LogP contribution in [0.3, 0.4) is 0 Å². The predicted molar refractivity (Wildman–Crippen MR) is 98.0 cm³/mol. The predicted octanol–water partition coefficient (Wildman–Crippen LogP) is 1.61. The Bertz CT molecular complexity index is 643. The van der Waals surface area contributed by atoms with E-state index in [0.29, 0.717) is 44.8 Å². The van der Waals surface area contributed by atoms with Gasteiger partial charge in [0, 0.05) is 57.0 Å². The number of benzene rings is 1. The van der Waals surface area contributed by atoms with Crippen LogP contribution < -0.4 is 0 Å². The molecule has 142 valence electrons. The van der Waals surface area contributed by atoms with Gasteiger partial charge in [-0.1, -0.05) is 0 Å². The van der Waals surface area contributed by atoms with E-state index in [9.17, 15) is 19.7 Å². The van der Waals surface area contributed by atoms with Crippen molar-refractivity contribution in [3.63, 3.8) is 0 Å². The first-order chi connectivity index (χ1) is 12.5. The molecule has 0 spiro atoms. The van der Waals surface area contributed by atoms with E-state index in [1.807, 2.05) is 18.7 Å². The zero-order valence-electron chi connectivity index (χ0n) is 15.4. The van der Waals surface area contributed by atoms with Crippen LogP contribution in [-0.2, 0) is 4.79 Å². The fourth-order valence-corrected chi connectivity index (χ4v) is 3.11. The largest absolute Gasteiger partial charge is 0.342 e. The third-order valence-electron chi connectivity index (χ3n) is 4.68. The molecular formula is C18H26N4O4. The topological polar surface area (TPSA) is 87.0 Å². The minimum Gasteiger partial charge on any atom is -0.342 e. The molecule has 0 aliphatic carbocycles. The molecule has 1 aliphatic heterocycles. The number of carbonyl (C=O) groups is 2. The molecule has 2 rings (SSSR count). The number of carbonyl (C=O) groups excluding carboxylic acids is 2. The standard InChI is InChI=1S/C18H26N4O4/c1-3-20(4-2)17(23)14-19-10-5-11-21(13-12-19)18(24)15-6-8-16(9-7-15)22(25)26/h6-9H,3-5,10-14H2,1-2H3.